The molecule has 4 rings (SSSR count). The van der Waals surface area contributed by atoms with E-state index < -0.39 is 23.0 Å². The molecule has 1 atom stereocenters. The Morgan fingerprint density at radius 2 is 1.94 bits per heavy atom. The van der Waals surface area contributed by atoms with Crippen molar-refractivity contribution in [3.05, 3.63) is 87.7 Å². The van der Waals surface area contributed by atoms with Crippen molar-refractivity contribution in [1.29, 1.82) is 0 Å². The van der Waals surface area contributed by atoms with E-state index in [1.54, 1.807) is 43.9 Å². The van der Waals surface area contributed by atoms with Crippen LogP contribution in [0.1, 0.15) is 25.5 Å². The van der Waals surface area contributed by atoms with Gasteiger partial charge in [0.2, 0.25) is 0 Å². The molecular weight excluding hydrogens is 438 g/mol. The van der Waals surface area contributed by atoms with Crippen LogP contribution in [0.15, 0.2) is 72.1 Å². The van der Waals surface area contributed by atoms with Gasteiger partial charge in [-0.1, -0.05) is 30.3 Å². The van der Waals surface area contributed by atoms with Crippen molar-refractivity contribution in [2.24, 2.45) is 0 Å². The highest BCUT2D eigenvalue weighted by Crippen LogP contribution is 2.37. The average molecular weight is 461 g/mol. The number of nitro benzene ring substituents is 1. The van der Waals surface area contributed by atoms with Gasteiger partial charge in [0.25, 0.3) is 5.69 Å². The first-order valence-corrected chi connectivity index (χ1v) is 10.6. The number of aromatic nitrogens is 2. The minimum absolute atomic E-state index is 0.0949. The molecule has 1 aromatic heterocycles. The second-order valence-electron chi connectivity index (χ2n) is 7.68. The van der Waals surface area contributed by atoms with Gasteiger partial charge in [-0.3, -0.25) is 10.1 Å². The third-order valence-electron chi connectivity index (χ3n) is 5.65. The van der Waals surface area contributed by atoms with Crippen LogP contribution in [0.2, 0.25) is 0 Å². The van der Waals surface area contributed by atoms with E-state index in [1.165, 1.54) is 17.0 Å². The molecule has 0 saturated heterocycles. The number of para-hydroxylation sites is 1. The number of non-ortho nitro benzene ring substituents is 1. The van der Waals surface area contributed by atoms with Crippen LogP contribution in [-0.4, -0.2) is 45.3 Å². The maximum atomic E-state index is 12.9. The second-order valence-corrected chi connectivity index (χ2v) is 7.68. The largest absolute Gasteiger partial charge is 0.463 e. The molecule has 1 unspecified atom stereocenters. The third kappa shape index (κ3) is 4.13. The normalized spacial score (nSPS) is 15.8. The summed E-state index contributed by atoms with van der Waals surface area (Å²) in [4.78, 5) is 37.9. The zero-order chi connectivity index (χ0) is 24.4. The highest BCUT2D eigenvalue weighted by atomic mass is 16.6. The summed E-state index contributed by atoms with van der Waals surface area (Å²) in [6.45, 7) is 3.55. The van der Waals surface area contributed by atoms with Crippen molar-refractivity contribution in [2.45, 2.75) is 19.9 Å². The average Bonchev–Trinajstić information content (AvgIpc) is 3.28. The molecule has 2 amide bonds. The van der Waals surface area contributed by atoms with Crippen molar-refractivity contribution in [1.82, 2.24) is 20.0 Å². The molecule has 10 nitrogen and oxygen atoms in total. The monoisotopic (exact) mass is 461 g/mol. The Kier molecular flexibility index (Phi) is 6.13. The maximum Gasteiger partial charge on any atom is 0.338 e. The quantitative estimate of drug-likeness (QED) is 0.337. The first-order valence-electron chi connectivity index (χ1n) is 10.6. The number of rotatable bonds is 6. The number of hydrogen-bond acceptors (Lipinski definition) is 6. The van der Waals surface area contributed by atoms with Crippen molar-refractivity contribution >= 4 is 17.7 Å². The Balaban J connectivity index is 1.95. The second kappa shape index (κ2) is 9.18. The van der Waals surface area contributed by atoms with Crippen LogP contribution < -0.4 is 5.32 Å². The summed E-state index contributed by atoms with van der Waals surface area (Å²) in [5, 5.41) is 18.9. The molecule has 2 heterocycles. The predicted octanol–water partition coefficient (Wildman–Crippen LogP) is 3.98. The summed E-state index contributed by atoms with van der Waals surface area (Å²) in [5.41, 5.74) is 2.76. The molecule has 1 N–H and O–H groups in total. The molecule has 0 bridgehead atoms. The molecule has 174 valence electrons. The van der Waals surface area contributed by atoms with Crippen LogP contribution in [0, 0.1) is 10.1 Å². The molecule has 0 aliphatic carbocycles. The first-order chi connectivity index (χ1) is 16.3. The maximum absolute atomic E-state index is 12.9. The van der Waals surface area contributed by atoms with E-state index >= 15 is 0 Å². The summed E-state index contributed by atoms with van der Waals surface area (Å²) in [6, 6.07) is 14.1. The van der Waals surface area contributed by atoms with Crippen LogP contribution in [0.3, 0.4) is 0 Å². The Morgan fingerprint density at radius 1 is 1.21 bits per heavy atom. The van der Waals surface area contributed by atoms with E-state index in [9.17, 15) is 19.7 Å². The van der Waals surface area contributed by atoms with E-state index in [2.05, 4.69) is 10.4 Å². The number of nitro groups is 1. The summed E-state index contributed by atoms with van der Waals surface area (Å²) < 4.78 is 6.90. The number of amides is 2. The Labute approximate surface area is 195 Å². The van der Waals surface area contributed by atoms with E-state index in [0.29, 0.717) is 22.5 Å². The summed E-state index contributed by atoms with van der Waals surface area (Å²) in [6.07, 6.45) is 1.71. The number of nitrogens with one attached hydrogen (secondary N) is 1. The van der Waals surface area contributed by atoms with Crippen LogP contribution in [0.5, 0.6) is 0 Å². The van der Waals surface area contributed by atoms with Gasteiger partial charge < -0.3 is 15.0 Å². The Morgan fingerprint density at radius 3 is 2.62 bits per heavy atom. The lowest BCUT2D eigenvalue weighted by Crippen LogP contribution is -2.46. The Bertz CT molecular complexity index is 1300. The molecule has 0 radical (unpaired) electrons. The smallest absolute Gasteiger partial charge is 0.338 e. The van der Waals surface area contributed by atoms with Gasteiger partial charge >= 0.3 is 12.0 Å². The molecule has 0 spiro atoms. The summed E-state index contributed by atoms with van der Waals surface area (Å²) in [7, 11) is 1.56. The van der Waals surface area contributed by atoms with Crippen LogP contribution in [-0.2, 0) is 9.53 Å². The van der Waals surface area contributed by atoms with E-state index in [-0.39, 0.29) is 17.9 Å². The first kappa shape index (κ1) is 22.7. The fraction of sp³-hybridized carbons (Fsp3) is 0.208. The van der Waals surface area contributed by atoms with Crippen molar-refractivity contribution in [2.75, 3.05) is 13.7 Å². The number of carbonyl (C=O) groups is 2. The molecule has 0 fully saturated rings. The van der Waals surface area contributed by atoms with E-state index in [0.717, 1.165) is 5.69 Å². The number of carbonyl (C=O) groups excluding carboxylic acids is 2. The standard InChI is InChI=1S/C24H23N5O5/c1-4-34-23(30)20-15(2)27(3)24(31)25-22(20)19-14-28(17-10-6-5-7-11-17)26-21(19)16-9-8-12-18(13-16)29(32)33/h5-14,22H,4H2,1-3H3,(H,25,31). The zero-order valence-corrected chi connectivity index (χ0v) is 18.9. The number of ether oxygens (including phenoxy) is 1. The predicted molar refractivity (Wildman–Crippen MR) is 124 cm³/mol. The van der Waals surface area contributed by atoms with Gasteiger partial charge in [0.1, 0.15) is 0 Å². The van der Waals surface area contributed by atoms with Crippen LogP contribution in [0.25, 0.3) is 16.9 Å². The SMILES string of the molecule is CCOC(=O)C1=C(C)N(C)C(=O)NC1c1cn(-c2ccccc2)nc1-c1cccc([N+](=O)[O-])c1. The summed E-state index contributed by atoms with van der Waals surface area (Å²) in [5.74, 6) is -0.561. The lowest BCUT2D eigenvalue weighted by Gasteiger charge is -2.33. The molecule has 1 aliphatic heterocycles. The highest BCUT2D eigenvalue weighted by Gasteiger charge is 2.37. The number of nitrogens with zero attached hydrogens (tertiary/aromatic N) is 4. The molecule has 0 saturated carbocycles. The number of urea groups is 1. The van der Waals surface area contributed by atoms with E-state index in [4.69, 9.17) is 4.74 Å². The van der Waals surface area contributed by atoms with Gasteiger partial charge in [-0.15, -0.1) is 0 Å². The minimum Gasteiger partial charge on any atom is -0.463 e. The third-order valence-corrected chi connectivity index (χ3v) is 5.65. The number of allylic oxidation sites excluding steroid dienone is 1. The fourth-order valence-corrected chi connectivity index (χ4v) is 3.84. The summed E-state index contributed by atoms with van der Waals surface area (Å²) >= 11 is 0. The van der Waals surface area contributed by atoms with Crippen LogP contribution >= 0.6 is 0 Å². The molecule has 34 heavy (non-hydrogen) atoms. The minimum atomic E-state index is -0.866. The van der Waals surface area contributed by atoms with Gasteiger partial charge in [-0.2, -0.15) is 5.10 Å². The van der Waals surface area contributed by atoms with Crippen molar-refractivity contribution < 1.29 is 19.2 Å². The lowest BCUT2D eigenvalue weighted by atomic mass is 9.93. The molecule has 10 heteroatoms. The van der Waals surface area contributed by atoms with Gasteiger partial charge in [-0.25, -0.2) is 14.3 Å². The number of benzene rings is 2. The van der Waals surface area contributed by atoms with Gasteiger partial charge in [0.15, 0.2) is 0 Å². The van der Waals surface area contributed by atoms with Gasteiger partial charge in [0.05, 0.1) is 34.5 Å². The molecule has 3 aromatic rings. The van der Waals surface area contributed by atoms with Crippen molar-refractivity contribution in [3.8, 4) is 16.9 Å². The number of hydrogen-bond donors (Lipinski definition) is 1. The highest BCUT2D eigenvalue weighted by molar-refractivity contribution is 5.95. The van der Waals surface area contributed by atoms with Gasteiger partial charge in [-0.05, 0) is 26.0 Å². The van der Waals surface area contributed by atoms with Crippen molar-refractivity contribution in [3.63, 3.8) is 0 Å². The molecule has 1 aliphatic rings. The molecule has 2 aromatic carbocycles. The molecular formula is C24H23N5O5. The number of esters is 1. The van der Waals surface area contributed by atoms with Gasteiger partial charge in [0, 0.05) is 42.2 Å². The topological polar surface area (TPSA) is 120 Å². The Hall–Kier alpha value is -4.47. The fourth-order valence-electron chi connectivity index (χ4n) is 3.84. The van der Waals surface area contributed by atoms with Crippen LogP contribution in [0.4, 0.5) is 10.5 Å². The zero-order valence-electron chi connectivity index (χ0n) is 18.9. The van der Waals surface area contributed by atoms with E-state index in [1.807, 2.05) is 30.3 Å². The lowest BCUT2D eigenvalue weighted by molar-refractivity contribution is -0.384.